The summed E-state index contributed by atoms with van der Waals surface area (Å²) in [5.74, 6) is -0.0720. The number of likely N-dealkylation sites (N-methyl/N-ethyl adjacent to an activating group) is 1. The molecule has 0 saturated carbocycles. The minimum atomic E-state index is -0.0944. The van der Waals surface area contributed by atoms with Crippen LogP contribution in [0.1, 0.15) is 33.6 Å². The van der Waals surface area contributed by atoms with Gasteiger partial charge in [0.25, 0.3) is 0 Å². The molecule has 0 unspecified atom stereocenters. The first-order valence-electron chi connectivity index (χ1n) is 11.4. The number of benzene rings is 1. The minimum absolute atomic E-state index is 0.0720. The van der Waals surface area contributed by atoms with Crippen LogP contribution in [0.25, 0.3) is 0 Å². The Bertz CT molecular complexity index is 1050. The van der Waals surface area contributed by atoms with Gasteiger partial charge < -0.3 is 20.9 Å². The molecule has 180 valence electrons. The number of pyridine rings is 1. The second-order valence-corrected chi connectivity index (χ2v) is 9.29. The second-order valence-electron chi connectivity index (χ2n) is 8.55. The van der Waals surface area contributed by atoms with Crippen LogP contribution in [0.2, 0.25) is 0 Å². The van der Waals surface area contributed by atoms with Crippen molar-refractivity contribution in [3.05, 3.63) is 81.8 Å². The normalized spacial score (nSPS) is 10.9. The second kappa shape index (κ2) is 12.9. The zero-order valence-electron chi connectivity index (χ0n) is 19.9. The maximum Gasteiger partial charge on any atom is 0.317 e. The van der Waals surface area contributed by atoms with Crippen molar-refractivity contribution in [2.75, 3.05) is 39.5 Å². The molecule has 2 aromatic heterocycles. The Labute approximate surface area is 205 Å². The van der Waals surface area contributed by atoms with Crippen LogP contribution >= 0.6 is 11.3 Å². The number of thiophene rings is 1. The Morgan fingerprint density at radius 1 is 1.03 bits per heavy atom. The van der Waals surface area contributed by atoms with E-state index in [-0.39, 0.29) is 18.2 Å². The monoisotopic (exact) mass is 479 g/mol. The van der Waals surface area contributed by atoms with Gasteiger partial charge >= 0.3 is 6.03 Å². The van der Waals surface area contributed by atoms with E-state index in [9.17, 15) is 9.59 Å². The van der Waals surface area contributed by atoms with E-state index in [1.54, 1.807) is 17.2 Å². The molecule has 0 aliphatic rings. The number of carbonyl (C=O) groups excluding carboxylic acids is 2. The lowest BCUT2D eigenvalue weighted by Gasteiger charge is -2.25. The number of aromatic nitrogens is 1. The summed E-state index contributed by atoms with van der Waals surface area (Å²) in [5.41, 5.74) is 9.91. The minimum Gasteiger partial charge on any atom is -0.398 e. The number of amides is 2. The number of nitrogens with one attached hydrogen (secondary N) is 1. The predicted molar refractivity (Wildman–Crippen MR) is 138 cm³/mol. The molecule has 2 heterocycles. The van der Waals surface area contributed by atoms with Gasteiger partial charge in [-0.2, -0.15) is 0 Å². The first kappa shape index (κ1) is 25.4. The van der Waals surface area contributed by atoms with Gasteiger partial charge in [0.15, 0.2) is 5.78 Å². The number of urea groups is 1. The first-order valence-corrected chi connectivity index (χ1v) is 12.4. The summed E-state index contributed by atoms with van der Waals surface area (Å²) in [5, 5.41) is 6.76. The van der Waals surface area contributed by atoms with E-state index in [4.69, 9.17) is 5.73 Å². The highest BCUT2D eigenvalue weighted by Crippen LogP contribution is 2.19. The van der Waals surface area contributed by atoms with Crippen molar-refractivity contribution in [3.8, 4) is 0 Å². The molecular formula is C26H33N5O2S. The summed E-state index contributed by atoms with van der Waals surface area (Å²) in [6.45, 7) is 2.39. The van der Waals surface area contributed by atoms with Crippen molar-refractivity contribution in [2.24, 2.45) is 0 Å². The van der Waals surface area contributed by atoms with Gasteiger partial charge in [0, 0.05) is 49.9 Å². The molecule has 0 radical (unpaired) electrons. The molecule has 0 spiro atoms. The SMILES string of the molecule is CN(C)CCN(Cc1ccc(C(=O)Cc2cscc2N)nc1)C(=O)NCCCc1ccccc1. The van der Waals surface area contributed by atoms with E-state index >= 15 is 0 Å². The van der Waals surface area contributed by atoms with Crippen molar-refractivity contribution >= 4 is 28.8 Å². The highest BCUT2D eigenvalue weighted by Gasteiger charge is 2.16. The van der Waals surface area contributed by atoms with Gasteiger partial charge in [0.05, 0.1) is 0 Å². The number of nitrogen functional groups attached to an aromatic ring is 1. The molecular weight excluding hydrogens is 446 g/mol. The zero-order valence-corrected chi connectivity index (χ0v) is 20.7. The van der Waals surface area contributed by atoms with Crippen molar-refractivity contribution in [3.63, 3.8) is 0 Å². The fourth-order valence-corrected chi connectivity index (χ4v) is 4.21. The van der Waals surface area contributed by atoms with E-state index in [1.807, 2.05) is 54.0 Å². The number of hydrogen-bond acceptors (Lipinski definition) is 6. The van der Waals surface area contributed by atoms with Gasteiger partial charge in [-0.3, -0.25) is 9.78 Å². The van der Waals surface area contributed by atoms with E-state index in [0.717, 1.165) is 30.5 Å². The van der Waals surface area contributed by atoms with E-state index < -0.39 is 0 Å². The summed E-state index contributed by atoms with van der Waals surface area (Å²) in [6, 6.07) is 13.8. The molecule has 0 aliphatic heterocycles. The number of aryl methyl sites for hydroxylation is 1. The zero-order chi connectivity index (χ0) is 24.3. The number of hydrogen-bond donors (Lipinski definition) is 2. The van der Waals surface area contributed by atoms with Gasteiger partial charge in [-0.25, -0.2) is 4.79 Å². The maximum absolute atomic E-state index is 12.9. The number of nitrogens with zero attached hydrogens (tertiary/aromatic N) is 3. The average Bonchev–Trinajstić information content (AvgIpc) is 3.24. The Morgan fingerprint density at radius 3 is 2.47 bits per heavy atom. The summed E-state index contributed by atoms with van der Waals surface area (Å²) in [6.07, 6.45) is 3.72. The van der Waals surface area contributed by atoms with Gasteiger partial charge in [0.1, 0.15) is 5.69 Å². The van der Waals surface area contributed by atoms with Crippen molar-refractivity contribution in [2.45, 2.75) is 25.8 Å². The molecule has 34 heavy (non-hydrogen) atoms. The number of anilines is 1. The van der Waals surface area contributed by atoms with Crippen LogP contribution in [0.5, 0.6) is 0 Å². The molecule has 0 saturated heterocycles. The van der Waals surface area contributed by atoms with Crippen LogP contribution in [0, 0.1) is 0 Å². The topological polar surface area (TPSA) is 91.6 Å². The van der Waals surface area contributed by atoms with Crippen LogP contribution in [0.4, 0.5) is 10.5 Å². The molecule has 0 atom stereocenters. The molecule has 0 aliphatic carbocycles. The van der Waals surface area contributed by atoms with Gasteiger partial charge in [-0.1, -0.05) is 36.4 Å². The van der Waals surface area contributed by atoms with Crippen LogP contribution < -0.4 is 11.1 Å². The predicted octanol–water partition coefficient (Wildman–Crippen LogP) is 3.86. The largest absolute Gasteiger partial charge is 0.398 e. The van der Waals surface area contributed by atoms with Crippen molar-refractivity contribution < 1.29 is 9.59 Å². The molecule has 3 aromatic rings. The molecule has 7 nitrogen and oxygen atoms in total. The highest BCUT2D eigenvalue weighted by atomic mass is 32.1. The molecule has 2 amide bonds. The third-order valence-corrected chi connectivity index (χ3v) is 6.29. The number of ketones is 1. The van der Waals surface area contributed by atoms with Gasteiger partial charge in [-0.05, 0) is 55.1 Å². The number of Topliss-reactive ketones (excluding diaryl/α,β-unsaturated/α-hetero) is 1. The highest BCUT2D eigenvalue weighted by molar-refractivity contribution is 7.08. The molecule has 0 bridgehead atoms. The Hall–Kier alpha value is -3.23. The maximum atomic E-state index is 12.9. The van der Waals surface area contributed by atoms with Crippen LogP contribution in [0.15, 0.2) is 59.4 Å². The Morgan fingerprint density at radius 2 is 1.82 bits per heavy atom. The van der Waals surface area contributed by atoms with Crippen molar-refractivity contribution in [1.82, 2.24) is 20.1 Å². The van der Waals surface area contributed by atoms with Crippen molar-refractivity contribution in [1.29, 1.82) is 0 Å². The van der Waals surface area contributed by atoms with Crippen LogP contribution in [-0.4, -0.2) is 60.3 Å². The average molecular weight is 480 g/mol. The first-order chi connectivity index (χ1) is 16.4. The van der Waals surface area contributed by atoms with Crippen LogP contribution in [-0.2, 0) is 19.4 Å². The summed E-state index contributed by atoms with van der Waals surface area (Å²) < 4.78 is 0. The number of carbonyl (C=O) groups is 2. The summed E-state index contributed by atoms with van der Waals surface area (Å²) in [4.78, 5) is 33.6. The lowest BCUT2D eigenvalue weighted by Crippen LogP contribution is -2.43. The van der Waals surface area contributed by atoms with E-state index in [1.165, 1.54) is 16.9 Å². The number of rotatable bonds is 12. The quantitative estimate of drug-likeness (QED) is 0.304. The van der Waals surface area contributed by atoms with Gasteiger partial charge in [-0.15, -0.1) is 11.3 Å². The summed E-state index contributed by atoms with van der Waals surface area (Å²) >= 11 is 1.48. The third-order valence-electron chi connectivity index (χ3n) is 5.48. The Kier molecular flexibility index (Phi) is 9.61. The molecule has 3 rings (SSSR count). The molecule has 0 fully saturated rings. The molecule has 1 aromatic carbocycles. The third kappa shape index (κ3) is 7.97. The smallest absolute Gasteiger partial charge is 0.317 e. The molecule has 3 N–H and O–H groups in total. The summed E-state index contributed by atoms with van der Waals surface area (Å²) in [7, 11) is 3.97. The standard InChI is InChI=1S/C26H33N5O2S/c1-30(2)13-14-31(26(33)28-12-6-9-20-7-4-3-5-8-20)17-21-10-11-24(29-16-21)25(32)15-22-18-34-19-23(22)27/h3-5,7-8,10-11,16,18-19H,6,9,12-15,17,27H2,1-2H3,(H,28,33). The van der Waals surface area contributed by atoms with Crippen LogP contribution in [0.3, 0.4) is 0 Å². The fraction of sp³-hybridized carbons (Fsp3) is 0.346. The fourth-order valence-electron chi connectivity index (χ4n) is 3.46. The van der Waals surface area contributed by atoms with E-state index in [0.29, 0.717) is 31.0 Å². The Balaban J connectivity index is 1.54. The lowest BCUT2D eigenvalue weighted by molar-refractivity contribution is 0.0988. The van der Waals surface area contributed by atoms with Gasteiger partial charge in [0.2, 0.25) is 0 Å². The molecule has 8 heteroatoms. The van der Waals surface area contributed by atoms with E-state index in [2.05, 4.69) is 22.4 Å². The lowest BCUT2D eigenvalue weighted by atomic mass is 10.1. The number of nitrogens with two attached hydrogens (primary N) is 1.